The predicted octanol–water partition coefficient (Wildman–Crippen LogP) is 3.46. The van der Waals surface area contributed by atoms with Crippen LogP contribution in [0, 0.1) is 12.7 Å². The lowest BCUT2D eigenvalue weighted by atomic mass is 9.95. The number of amides is 2. The van der Waals surface area contributed by atoms with E-state index in [9.17, 15) is 22.4 Å². The molecule has 0 heterocycles. The molecule has 7 nitrogen and oxygen atoms in total. The van der Waals surface area contributed by atoms with Crippen molar-refractivity contribution >= 4 is 27.5 Å². The van der Waals surface area contributed by atoms with Gasteiger partial charge in [-0.2, -0.15) is 4.31 Å². The monoisotopic (exact) mass is 461 g/mol. The van der Waals surface area contributed by atoms with E-state index in [0.717, 1.165) is 54.3 Å². The number of likely N-dealkylation sites (N-methyl/N-ethyl adjacent to an activating group) is 1. The molecule has 2 aromatic rings. The van der Waals surface area contributed by atoms with Gasteiger partial charge < -0.3 is 10.6 Å². The van der Waals surface area contributed by atoms with E-state index in [1.165, 1.54) is 13.5 Å². The largest absolute Gasteiger partial charge is 0.349 e. The van der Waals surface area contributed by atoms with Crippen molar-refractivity contribution in [1.29, 1.82) is 0 Å². The molecule has 0 bridgehead atoms. The third kappa shape index (κ3) is 5.92. The number of halogens is 1. The van der Waals surface area contributed by atoms with Gasteiger partial charge in [0.05, 0.1) is 11.4 Å². The summed E-state index contributed by atoms with van der Waals surface area (Å²) in [5, 5.41) is 5.75. The number of nitrogens with zero attached hydrogens (tertiary/aromatic N) is 1. The number of hydrogen-bond donors (Lipinski definition) is 2. The van der Waals surface area contributed by atoms with Crippen molar-refractivity contribution in [2.45, 2.75) is 50.0 Å². The van der Waals surface area contributed by atoms with Gasteiger partial charge in [0.1, 0.15) is 5.82 Å². The molecule has 2 amide bonds. The number of benzene rings is 2. The Morgan fingerprint density at radius 2 is 1.72 bits per heavy atom. The lowest BCUT2D eigenvalue weighted by Crippen LogP contribution is -2.36. The number of rotatable bonds is 7. The van der Waals surface area contributed by atoms with E-state index < -0.39 is 28.3 Å². The number of anilines is 1. The van der Waals surface area contributed by atoms with Crippen LogP contribution in [0.5, 0.6) is 0 Å². The number of nitrogens with one attached hydrogen (secondary N) is 2. The molecule has 0 saturated heterocycles. The molecular formula is C23H28FN3O4S. The normalized spacial score (nSPS) is 14.9. The van der Waals surface area contributed by atoms with Gasteiger partial charge in [0.25, 0.3) is 5.91 Å². The second-order valence-corrected chi connectivity index (χ2v) is 10.1. The predicted molar refractivity (Wildman–Crippen MR) is 120 cm³/mol. The van der Waals surface area contributed by atoms with Gasteiger partial charge in [-0.25, -0.2) is 12.8 Å². The Kier molecular flexibility index (Phi) is 7.63. The molecule has 1 aliphatic carbocycles. The minimum atomic E-state index is -3.93. The summed E-state index contributed by atoms with van der Waals surface area (Å²) in [7, 11) is -2.65. The fourth-order valence-corrected chi connectivity index (χ4v) is 4.85. The highest BCUT2D eigenvalue weighted by molar-refractivity contribution is 7.89. The van der Waals surface area contributed by atoms with Crippen molar-refractivity contribution in [3.63, 3.8) is 0 Å². The van der Waals surface area contributed by atoms with Gasteiger partial charge in [0.2, 0.25) is 15.9 Å². The fraction of sp³-hybridized carbons (Fsp3) is 0.391. The van der Waals surface area contributed by atoms with E-state index >= 15 is 0 Å². The molecule has 1 saturated carbocycles. The number of carbonyl (C=O) groups excluding carboxylic acids is 2. The minimum Gasteiger partial charge on any atom is -0.349 e. The number of hydrogen-bond acceptors (Lipinski definition) is 4. The van der Waals surface area contributed by atoms with Crippen LogP contribution in [0.4, 0.5) is 10.1 Å². The zero-order valence-electron chi connectivity index (χ0n) is 18.2. The van der Waals surface area contributed by atoms with Crippen LogP contribution in [-0.4, -0.2) is 44.2 Å². The molecule has 2 aromatic carbocycles. The van der Waals surface area contributed by atoms with Crippen LogP contribution in [0.15, 0.2) is 47.4 Å². The second kappa shape index (κ2) is 10.2. The van der Waals surface area contributed by atoms with E-state index in [1.54, 1.807) is 25.1 Å². The molecular weight excluding hydrogens is 433 g/mol. The summed E-state index contributed by atoms with van der Waals surface area (Å²) >= 11 is 0. The molecule has 0 unspecified atom stereocenters. The molecule has 0 aliphatic heterocycles. The van der Waals surface area contributed by atoms with Crippen LogP contribution < -0.4 is 10.6 Å². The quantitative estimate of drug-likeness (QED) is 0.660. The first-order valence-corrected chi connectivity index (χ1v) is 12.0. The highest BCUT2D eigenvalue weighted by Gasteiger charge is 2.23. The van der Waals surface area contributed by atoms with Crippen LogP contribution in [0.3, 0.4) is 0 Å². The Morgan fingerprint density at radius 1 is 1.06 bits per heavy atom. The van der Waals surface area contributed by atoms with Gasteiger partial charge in [0.15, 0.2) is 0 Å². The Bertz CT molecular complexity index is 1080. The van der Waals surface area contributed by atoms with E-state index in [0.29, 0.717) is 16.8 Å². The fourth-order valence-electron chi connectivity index (χ4n) is 3.72. The van der Waals surface area contributed by atoms with Crippen molar-refractivity contribution in [3.8, 4) is 0 Å². The summed E-state index contributed by atoms with van der Waals surface area (Å²) in [5.74, 6) is -1.21. The Labute approximate surface area is 188 Å². The Balaban J connectivity index is 1.60. The lowest BCUT2D eigenvalue weighted by molar-refractivity contribution is -0.116. The molecule has 9 heteroatoms. The molecule has 0 radical (unpaired) electrons. The summed E-state index contributed by atoms with van der Waals surface area (Å²) in [5.41, 5.74) is 1.71. The van der Waals surface area contributed by atoms with Crippen LogP contribution in [0.1, 0.15) is 48.0 Å². The average Bonchev–Trinajstić information content (AvgIpc) is 2.76. The third-order valence-corrected chi connectivity index (χ3v) is 7.41. The molecule has 0 aromatic heterocycles. The SMILES string of the molecule is Cc1cc(C(=O)NC2CCCCC2)ccc1NC(=O)CN(C)S(=O)(=O)c1ccc(F)cc1. The highest BCUT2D eigenvalue weighted by atomic mass is 32.2. The number of aryl methyl sites for hydroxylation is 1. The van der Waals surface area contributed by atoms with Gasteiger partial charge in [-0.3, -0.25) is 9.59 Å². The molecule has 0 spiro atoms. The van der Waals surface area contributed by atoms with Gasteiger partial charge in [-0.05, 0) is 67.8 Å². The first-order valence-electron chi connectivity index (χ1n) is 10.6. The number of sulfonamides is 1. The summed E-state index contributed by atoms with van der Waals surface area (Å²) in [6, 6.07) is 9.59. The van der Waals surface area contributed by atoms with Crippen LogP contribution in [-0.2, 0) is 14.8 Å². The summed E-state index contributed by atoms with van der Waals surface area (Å²) in [4.78, 5) is 24.8. The topological polar surface area (TPSA) is 95.6 Å². The van der Waals surface area contributed by atoms with E-state index in [1.807, 2.05) is 0 Å². The van der Waals surface area contributed by atoms with Crippen molar-refractivity contribution in [1.82, 2.24) is 9.62 Å². The molecule has 172 valence electrons. The first-order chi connectivity index (χ1) is 15.2. The molecule has 32 heavy (non-hydrogen) atoms. The van der Waals surface area contributed by atoms with Crippen LogP contribution >= 0.6 is 0 Å². The van der Waals surface area contributed by atoms with E-state index in [-0.39, 0.29) is 16.8 Å². The van der Waals surface area contributed by atoms with Crippen LogP contribution in [0.25, 0.3) is 0 Å². The summed E-state index contributed by atoms with van der Waals surface area (Å²) in [6.45, 7) is 1.36. The lowest BCUT2D eigenvalue weighted by Gasteiger charge is -2.23. The second-order valence-electron chi connectivity index (χ2n) is 8.10. The maximum absolute atomic E-state index is 13.1. The van der Waals surface area contributed by atoms with Crippen molar-refractivity contribution in [2.75, 3.05) is 18.9 Å². The molecule has 0 atom stereocenters. The van der Waals surface area contributed by atoms with E-state index in [4.69, 9.17) is 0 Å². The van der Waals surface area contributed by atoms with Gasteiger partial charge in [0, 0.05) is 24.3 Å². The van der Waals surface area contributed by atoms with Gasteiger partial charge >= 0.3 is 0 Å². The molecule has 1 aliphatic rings. The highest BCUT2D eigenvalue weighted by Crippen LogP contribution is 2.20. The van der Waals surface area contributed by atoms with Gasteiger partial charge in [-0.15, -0.1) is 0 Å². The minimum absolute atomic E-state index is 0.0984. The van der Waals surface area contributed by atoms with E-state index in [2.05, 4.69) is 10.6 Å². The molecule has 3 rings (SSSR count). The zero-order valence-corrected chi connectivity index (χ0v) is 19.0. The average molecular weight is 462 g/mol. The van der Waals surface area contributed by atoms with Crippen molar-refractivity contribution in [3.05, 3.63) is 59.4 Å². The molecule has 1 fully saturated rings. The standard InChI is InChI=1S/C23H28FN3O4S/c1-16-14-17(23(29)25-19-6-4-3-5-7-19)8-13-21(16)26-22(28)15-27(2)32(30,31)20-11-9-18(24)10-12-20/h8-14,19H,3-7,15H2,1-2H3,(H,25,29)(H,26,28). The van der Waals surface area contributed by atoms with Crippen LogP contribution in [0.2, 0.25) is 0 Å². The Hall–Kier alpha value is -2.78. The third-order valence-electron chi connectivity index (χ3n) is 5.59. The molecule has 2 N–H and O–H groups in total. The first kappa shape index (κ1) is 23.9. The maximum atomic E-state index is 13.1. The zero-order chi connectivity index (χ0) is 23.3. The summed E-state index contributed by atoms with van der Waals surface area (Å²) < 4.78 is 39.1. The number of carbonyl (C=O) groups is 2. The Morgan fingerprint density at radius 3 is 2.34 bits per heavy atom. The maximum Gasteiger partial charge on any atom is 0.251 e. The van der Waals surface area contributed by atoms with Gasteiger partial charge in [-0.1, -0.05) is 19.3 Å². The van der Waals surface area contributed by atoms with Crippen molar-refractivity contribution in [2.24, 2.45) is 0 Å². The smallest absolute Gasteiger partial charge is 0.251 e. The van der Waals surface area contributed by atoms with Crippen molar-refractivity contribution < 1.29 is 22.4 Å². The summed E-state index contributed by atoms with van der Waals surface area (Å²) in [6.07, 6.45) is 5.45.